The molecule has 1 aromatic heterocycles. The molecular weight excluding hydrogens is 353 g/mol. The van der Waals surface area contributed by atoms with Crippen LogP contribution in [-0.2, 0) is 22.9 Å². The molecule has 1 aliphatic carbocycles. The van der Waals surface area contributed by atoms with Crippen molar-refractivity contribution in [2.45, 2.75) is 31.0 Å². The molecule has 1 amide bonds. The van der Waals surface area contributed by atoms with Gasteiger partial charge in [-0.2, -0.15) is 17.5 Å². The summed E-state index contributed by atoms with van der Waals surface area (Å²) in [6.45, 7) is 0.391. The van der Waals surface area contributed by atoms with Crippen LogP contribution < -0.4 is 4.74 Å². The Kier molecular flexibility index (Phi) is 4.49. The summed E-state index contributed by atoms with van der Waals surface area (Å²) < 4.78 is 47.2. The Morgan fingerprint density at radius 2 is 1.96 bits per heavy atom. The molecule has 0 N–H and O–H groups in total. The fourth-order valence-corrected chi connectivity index (χ4v) is 3.60. The van der Waals surface area contributed by atoms with E-state index in [-0.39, 0.29) is 5.91 Å². The van der Waals surface area contributed by atoms with Crippen LogP contribution in [0.1, 0.15) is 28.8 Å². The number of likely N-dealkylation sites (N-methyl/N-ethyl adjacent to an activating group) is 1. The highest BCUT2D eigenvalue weighted by atomic mass is 32.1. The van der Waals surface area contributed by atoms with Crippen molar-refractivity contribution in [2.24, 2.45) is 0 Å². The summed E-state index contributed by atoms with van der Waals surface area (Å²) in [6.07, 6.45) is -3.08. The summed E-state index contributed by atoms with van der Waals surface area (Å²) in [4.78, 5) is 15.3. The molecule has 1 aromatic carbocycles. The lowest BCUT2D eigenvalue weighted by molar-refractivity contribution is -0.137. The molecule has 2 aromatic rings. The molecule has 0 bridgehead atoms. The lowest BCUT2D eigenvalue weighted by Gasteiger charge is -2.23. The monoisotopic (exact) mass is 370 g/mol. The first-order chi connectivity index (χ1) is 11.8. The number of benzene rings is 1. The average Bonchev–Trinajstić information content (AvgIpc) is 3.27. The SMILES string of the molecule is COc1cc(CN(C)C(=O)C2(c3ccc(C(F)(F)F)cc3)CC2)sn1. The van der Waals surface area contributed by atoms with Crippen molar-refractivity contribution < 1.29 is 22.7 Å². The van der Waals surface area contributed by atoms with E-state index in [1.807, 2.05) is 0 Å². The largest absolute Gasteiger partial charge is 0.480 e. The first-order valence-electron chi connectivity index (χ1n) is 7.69. The topological polar surface area (TPSA) is 42.4 Å². The van der Waals surface area contributed by atoms with Gasteiger partial charge in [0.15, 0.2) is 0 Å². The van der Waals surface area contributed by atoms with E-state index >= 15 is 0 Å². The molecule has 8 heteroatoms. The molecule has 1 heterocycles. The maximum Gasteiger partial charge on any atom is 0.416 e. The van der Waals surface area contributed by atoms with Gasteiger partial charge in [0.2, 0.25) is 11.8 Å². The third kappa shape index (κ3) is 3.49. The molecule has 134 valence electrons. The van der Waals surface area contributed by atoms with Crippen LogP contribution in [0, 0.1) is 0 Å². The summed E-state index contributed by atoms with van der Waals surface area (Å²) >= 11 is 1.26. The number of alkyl halides is 3. The van der Waals surface area contributed by atoms with Gasteiger partial charge in [0, 0.05) is 18.0 Å². The Morgan fingerprint density at radius 3 is 2.44 bits per heavy atom. The van der Waals surface area contributed by atoms with Gasteiger partial charge in [-0.1, -0.05) is 12.1 Å². The molecule has 4 nitrogen and oxygen atoms in total. The highest BCUT2D eigenvalue weighted by molar-refractivity contribution is 7.05. The van der Waals surface area contributed by atoms with E-state index in [1.165, 1.54) is 30.8 Å². The van der Waals surface area contributed by atoms with E-state index < -0.39 is 17.2 Å². The molecule has 3 rings (SSSR count). The predicted molar refractivity (Wildman–Crippen MR) is 87.5 cm³/mol. The average molecular weight is 370 g/mol. The molecule has 0 saturated heterocycles. The molecule has 1 fully saturated rings. The summed E-state index contributed by atoms with van der Waals surface area (Å²) in [5, 5.41) is 0. The molecule has 1 saturated carbocycles. The van der Waals surface area contributed by atoms with Crippen LogP contribution >= 0.6 is 11.5 Å². The zero-order valence-corrected chi connectivity index (χ0v) is 14.6. The summed E-state index contributed by atoms with van der Waals surface area (Å²) in [7, 11) is 3.22. The number of hydrogen-bond acceptors (Lipinski definition) is 4. The quantitative estimate of drug-likeness (QED) is 0.803. The van der Waals surface area contributed by atoms with Crippen LogP contribution in [0.2, 0.25) is 0 Å². The highest BCUT2D eigenvalue weighted by Gasteiger charge is 2.52. The number of nitrogens with zero attached hydrogens (tertiary/aromatic N) is 2. The van der Waals surface area contributed by atoms with Gasteiger partial charge < -0.3 is 9.64 Å². The van der Waals surface area contributed by atoms with E-state index in [1.54, 1.807) is 18.0 Å². The smallest absolute Gasteiger partial charge is 0.416 e. The number of rotatable bonds is 5. The van der Waals surface area contributed by atoms with E-state index in [2.05, 4.69) is 4.37 Å². The van der Waals surface area contributed by atoms with E-state index in [0.29, 0.717) is 30.8 Å². The van der Waals surface area contributed by atoms with Crippen LogP contribution in [0.4, 0.5) is 13.2 Å². The van der Waals surface area contributed by atoms with Gasteiger partial charge in [-0.15, -0.1) is 0 Å². The fourth-order valence-electron chi connectivity index (χ4n) is 2.86. The summed E-state index contributed by atoms with van der Waals surface area (Å²) in [5.41, 5.74) is -0.767. The van der Waals surface area contributed by atoms with Gasteiger partial charge >= 0.3 is 6.18 Å². The van der Waals surface area contributed by atoms with Crippen molar-refractivity contribution in [3.8, 4) is 5.88 Å². The second-order valence-electron chi connectivity index (χ2n) is 6.15. The van der Waals surface area contributed by atoms with Crippen molar-refractivity contribution in [2.75, 3.05) is 14.2 Å². The van der Waals surface area contributed by atoms with Crippen molar-refractivity contribution in [1.82, 2.24) is 9.27 Å². The zero-order valence-electron chi connectivity index (χ0n) is 13.8. The number of aromatic nitrogens is 1. The minimum atomic E-state index is -4.37. The number of carbonyl (C=O) groups is 1. The van der Waals surface area contributed by atoms with E-state index in [9.17, 15) is 18.0 Å². The lowest BCUT2D eigenvalue weighted by atomic mass is 9.93. The number of hydrogen-bond donors (Lipinski definition) is 0. The van der Waals surface area contributed by atoms with E-state index in [0.717, 1.165) is 17.0 Å². The van der Waals surface area contributed by atoms with Gasteiger partial charge in [0.1, 0.15) is 0 Å². The fraction of sp³-hybridized carbons (Fsp3) is 0.412. The highest BCUT2D eigenvalue weighted by Crippen LogP contribution is 2.50. The minimum Gasteiger partial charge on any atom is -0.480 e. The third-order valence-electron chi connectivity index (χ3n) is 4.41. The van der Waals surface area contributed by atoms with Crippen LogP contribution in [0.25, 0.3) is 0 Å². The number of amides is 1. The first-order valence-corrected chi connectivity index (χ1v) is 8.46. The van der Waals surface area contributed by atoms with Gasteiger partial charge in [0.25, 0.3) is 0 Å². The number of carbonyl (C=O) groups excluding carboxylic acids is 1. The Labute approximate surface area is 147 Å². The maximum atomic E-state index is 12.8. The first kappa shape index (κ1) is 17.7. The summed E-state index contributed by atoms with van der Waals surface area (Å²) in [6, 6.07) is 6.67. The molecule has 0 radical (unpaired) electrons. The Hall–Kier alpha value is -2.09. The second kappa shape index (κ2) is 6.33. The van der Waals surface area contributed by atoms with Gasteiger partial charge in [0.05, 0.1) is 24.6 Å². The number of ether oxygens (including phenoxy) is 1. The van der Waals surface area contributed by atoms with Crippen LogP contribution in [-0.4, -0.2) is 29.3 Å². The van der Waals surface area contributed by atoms with Crippen molar-refractivity contribution >= 4 is 17.4 Å². The van der Waals surface area contributed by atoms with Crippen LogP contribution in [0.15, 0.2) is 30.3 Å². The lowest BCUT2D eigenvalue weighted by Crippen LogP contribution is -2.36. The van der Waals surface area contributed by atoms with Gasteiger partial charge in [-0.25, -0.2) is 0 Å². The standard InChI is InChI=1S/C17H17F3N2O2S/c1-22(10-13-9-14(24-2)21-25-13)15(23)16(7-8-16)11-3-5-12(6-4-11)17(18,19)20/h3-6,9H,7-8,10H2,1-2H3. The molecule has 0 atom stereocenters. The molecule has 0 unspecified atom stereocenters. The zero-order chi connectivity index (χ0) is 18.2. The Balaban J connectivity index is 1.74. The van der Waals surface area contributed by atoms with Crippen molar-refractivity contribution in [3.63, 3.8) is 0 Å². The normalized spacial score (nSPS) is 15.7. The van der Waals surface area contributed by atoms with Gasteiger partial charge in [-0.05, 0) is 42.1 Å². The Morgan fingerprint density at radius 1 is 1.32 bits per heavy atom. The molecule has 1 aliphatic rings. The predicted octanol–water partition coefficient (Wildman–Crippen LogP) is 3.86. The number of halogens is 3. The molecule has 0 aliphatic heterocycles. The van der Waals surface area contributed by atoms with Gasteiger partial charge in [-0.3, -0.25) is 4.79 Å². The summed E-state index contributed by atoms with van der Waals surface area (Å²) in [5.74, 6) is 0.421. The minimum absolute atomic E-state index is 0.0837. The van der Waals surface area contributed by atoms with Crippen molar-refractivity contribution in [3.05, 3.63) is 46.3 Å². The van der Waals surface area contributed by atoms with Crippen LogP contribution in [0.5, 0.6) is 5.88 Å². The second-order valence-corrected chi connectivity index (χ2v) is 7.04. The number of methoxy groups -OCH3 is 1. The maximum absolute atomic E-state index is 12.8. The third-order valence-corrected chi connectivity index (χ3v) is 5.16. The van der Waals surface area contributed by atoms with E-state index in [4.69, 9.17) is 4.74 Å². The Bertz CT molecular complexity index is 767. The van der Waals surface area contributed by atoms with Crippen molar-refractivity contribution in [1.29, 1.82) is 0 Å². The molecule has 0 spiro atoms. The molecule has 25 heavy (non-hydrogen) atoms. The van der Waals surface area contributed by atoms with Crippen LogP contribution in [0.3, 0.4) is 0 Å². The molecular formula is C17H17F3N2O2S.